The third-order valence-corrected chi connectivity index (χ3v) is 3.56. The smallest absolute Gasteiger partial charge is 0.252 e. The molecule has 2 bridgehead atoms. The molecule has 3 N–H and O–H groups in total. The topological polar surface area (TPSA) is 81.7 Å². The van der Waals surface area contributed by atoms with Crippen molar-refractivity contribution in [1.82, 2.24) is 15.8 Å². The molecule has 17 heavy (non-hydrogen) atoms. The SMILES string of the molecule is CC(=O)NNC(=O)CN1C2CCC1CC(O)C2. The number of hydrogen-bond acceptors (Lipinski definition) is 4. The van der Waals surface area contributed by atoms with Gasteiger partial charge in [-0.2, -0.15) is 0 Å². The Morgan fingerprint density at radius 1 is 1.24 bits per heavy atom. The van der Waals surface area contributed by atoms with Crippen LogP contribution in [0.5, 0.6) is 0 Å². The molecule has 0 aromatic rings. The molecular formula is C11H19N3O3. The molecule has 6 nitrogen and oxygen atoms in total. The first kappa shape index (κ1) is 12.3. The molecule has 0 spiro atoms. The maximum Gasteiger partial charge on any atom is 0.252 e. The van der Waals surface area contributed by atoms with E-state index < -0.39 is 0 Å². The Morgan fingerprint density at radius 2 is 1.82 bits per heavy atom. The zero-order valence-corrected chi connectivity index (χ0v) is 9.98. The lowest BCUT2D eigenvalue weighted by Crippen LogP contribution is -2.51. The van der Waals surface area contributed by atoms with Crippen LogP contribution in [-0.4, -0.2) is 46.6 Å². The van der Waals surface area contributed by atoms with Gasteiger partial charge < -0.3 is 5.11 Å². The largest absolute Gasteiger partial charge is 0.393 e. The van der Waals surface area contributed by atoms with E-state index in [2.05, 4.69) is 15.8 Å². The molecule has 2 atom stereocenters. The van der Waals surface area contributed by atoms with E-state index in [4.69, 9.17) is 0 Å². The van der Waals surface area contributed by atoms with Gasteiger partial charge in [0.2, 0.25) is 5.91 Å². The number of rotatable bonds is 2. The van der Waals surface area contributed by atoms with Crippen LogP contribution in [-0.2, 0) is 9.59 Å². The Bertz CT molecular complexity index is 307. The van der Waals surface area contributed by atoms with Crippen LogP contribution in [0.4, 0.5) is 0 Å². The summed E-state index contributed by atoms with van der Waals surface area (Å²) in [7, 11) is 0. The fraction of sp³-hybridized carbons (Fsp3) is 0.818. The van der Waals surface area contributed by atoms with E-state index in [0.29, 0.717) is 18.6 Å². The summed E-state index contributed by atoms with van der Waals surface area (Å²) >= 11 is 0. The van der Waals surface area contributed by atoms with Crippen LogP contribution in [0, 0.1) is 0 Å². The molecule has 2 heterocycles. The number of piperidine rings is 1. The lowest BCUT2D eigenvalue weighted by atomic mass is 10.00. The van der Waals surface area contributed by atoms with Gasteiger partial charge in [-0.15, -0.1) is 0 Å². The second kappa shape index (κ2) is 5.01. The van der Waals surface area contributed by atoms with Gasteiger partial charge in [0.1, 0.15) is 0 Å². The number of hydrogen-bond donors (Lipinski definition) is 3. The van der Waals surface area contributed by atoms with E-state index in [1.54, 1.807) is 0 Å². The number of aliphatic hydroxyl groups excluding tert-OH is 1. The van der Waals surface area contributed by atoms with Crippen molar-refractivity contribution in [3.8, 4) is 0 Å². The van der Waals surface area contributed by atoms with Crippen LogP contribution in [0.3, 0.4) is 0 Å². The lowest BCUT2D eigenvalue weighted by molar-refractivity contribution is -0.129. The van der Waals surface area contributed by atoms with Crippen molar-refractivity contribution in [1.29, 1.82) is 0 Å². The summed E-state index contributed by atoms with van der Waals surface area (Å²) in [6.07, 6.45) is 3.39. The van der Waals surface area contributed by atoms with E-state index in [1.165, 1.54) is 6.92 Å². The van der Waals surface area contributed by atoms with Crippen LogP contribution in [0.15, 0.2) is 0 Å². The molecule has 2 rings (SSSR count). The number of carbonyl (C=O) groups excluding carboxylic acids is 2. The highest BCUT2D eigenvalue weighted by molar-refractivity contribution is 5.82. The zero-order valence-electron chi connectivity index (χ0n) is 9.98. The van der Waals surface area contributed by atoms with E-state index >= 15 is 0 Å². The summed E-state index contributed by atoms with van der Waals surface area (Å²) in [5.41, 5.74) is 4.65. The Labute approximate surface area is 100 Å². The Kier molecular flexibility index (Phi) is 3.63. The molecule has 2 aliphatic heterocycles. The zero-order chi connectivity index (χ0) is 12.4. The average Bonchev–Trinajstić information content (AvgIpc) is 2.49. The van der Waals surface area contributed by atoms with Gasteiger partial charge in [-0.05, 0) is 25.7 Å². The second-order valence-corrected chi connectivity index (χ2v) is 4.91. The van der Waals surface area contributed by atoms with Crippen LogP contribution in [0.25, 0.3) is 0 Å². The highest BCUT2D eigenvalue weighted by Crippen LogP contribution is 2.35. The van der Waals surface area contributed by atoms with Gasteiger partial charge in [0.05, 0.1) is 12.6 Å². The Hall–Kier alpha value is -1.14. The van der Waals surface area contributed by atoms with Crippen molar-refractivity contribution < 1.29 is 14.7 Å². The molecule has 0 saturated carbocycles. The number of nitrogens with one attached hydrogen (secondary N) is 2. The predicted molar refractivity (Wildman–Crippen MR) is 60.7 cm³/mol. The molecule has 2 saturated heterocycles. The van der Waals surface area contributed by atoms with Crippen LogP contribution in [0.1, 0.15) is 32.6 Å². The summed E-state index contributed by atoms with van der Waals surface area (Å²) in [4.78, 5) is 24.4. The first-order valence-electron chi connectivity index (χ1n) is 6.05. The summed E-state index contributed by atoms with van der Waals surface area (Å²) in [5.74, 6) is -0.483. The monoisotopic (exact) mass is 241 g/mol. The molecule has 2 fully saturated rings. The first-order valence-corrected chi connectivity index (χ1v) is 6.05. The highest BCUT2D eigenvalue weighted by Gasteiger charge is 2.40. The number of carbonyl (C=O) groups is 2. The number of aliphatic hydroxyl groups is 1. The number of nitrogens with zero attached hydrogens (tertiary/aromatic N) is 1. The van der Waals surface area contributed by atoms with Crippen molar-refractivity contribution in [3.63, 3.8) is 0 Å². The van der Waals surface area contributed by atoms with E-state index in [-0.39, 0.29) is 17.9 Å². The maximum atomic E-state index is 11.6. The minimum Gasteiger partial charge on any atom is -0.393 e. The summed E-state index contributed by atoms with van der Waals surface area (Å²) in [6.45, 7) is 1.64. The van der Waals surface area contributed by atoms with Crippen molar-refractivity contribution in [2.45, 2.75) is 50.8 Å². The van der Waals surface area contributed by atoms with Gasteiger partial charge in [-0.1, -0.05) is 0 Å². The standard InChI is InChI=1S/C11H19N3O3/c1-7(15)12-13-11(17)6-14-8-2-3-9(14)5-10(16)4-8/h8-10,16H,2-6H2,1H3,(H,12,15)(H,13,17). The molecule has 0 aliphatic carbocycles. The van der Waals surface area contributed by atoms with Crippen LogP contribution < -0.4 is 10.9 Å². The van der Waals surface area contributed by atoms with Crippen molar-refractivity contribution in [2.24, 2.45) is 0 Å². The average molecular weight is 241 g/mol. The molecule has 2 amide bonds. The number of fused-ring (bicyclic) bond motifs is 2. The second-order valence-electron chi connectivity index (χ2n) is 4.91. The van der Waals surface area contributed by atoms with Gasteiger partial charge in [0, 0.05) is 19.0 Å². The van der Waals surface area contributed by atoms with Crippen molar-refractivity contribution >= 4 is 11.8 Å². The normalized spacial score (nSPS) is 32.2. The van der Waals surface area contributed by atoms with Gasteiger partial charge >= 0.3 is 0 Å². The van der Waals surface area contributed by atoms with E-state index in [1.807, 2.05) is 0 Å². The van der Waals surface area contributed by atoms with Crippen molar-refractivity contribution in [3.05, 3.63) is 0 Å². The van der Waals surface area contributed by atoms with Gasteiger partial charge in [0.15, 0.2) is 0 Å². The third kappa shape index (κ3) is 2.95. The minimum atomic E-state index is -0.282. The maximum absolute atomic E-state index is 11.6. The van der Waals surface area contributed by atoms with Crippen LogP contribution in [0.2, 0.25) is 0 Å². The van der Waals surface area contributed by atoms with E-state index in [9.17, 15) is 14.7 Å². The molecular weight excluding hydrogens is 222 g/mol. The number of hydrazine groups is 1. The predicted octanol–water partition coefficient (Wildman–Crippen LogP) is -0.859. The Morgan fingerprint density at radius 3 is 2.35 bits per heavy atom. The molecule has 0 aromatic carbocycles. The molecule has 2 aliphatic rings. The van der Waals surface area contributed by atoms with Gasteiger partial charge in [-0.25, -0.2) is 0 Å². The van der Waals surface area contributed by atoms with Crippen LogP contribution >= 0.6 is 0 Å². The van der Waals surface area contributed by atoms with Gasteiger partial charge in [-0.3, -0.25) is 25.3 Å². The Balaban J connectivity index is 1.83. The lowest BCUT2D eigenvalue weighted by Gasteiger charge is -2.36. The summed E-state index contributed by atoms with van der Waals surface area (Å²) in [6, 6.07) is 0.624. The number of amides is 2. The molecule has 96 valence electrons. The third-order valence-electron chi connectivity index (χ3n) is 3.56. The summed E-state index contributed by atoms with van der Waals surface area (Å²) < 4.78 is 0. The fourth-order valence-electron chi connectivity index (χ4n) is 2.87. The molecule has 2 unspecified atom stereocenters. The minimum absolute atomic E-state index is 0.200. The molecule has 0 aromatic heterocycles. The van der Waals surface area contributed by atoms with Crippen molar-refractivity contribution in [2.75, 3.05) is 6.54 Å². The highest BCUT2D eigenvalue weighted by atomic mass is 16.3. The summed E-state index contributed by atoms with van der Waals surface area (Å²) in [5, 5.41) is 9.63. The van der Waals surface area contributed by atoms with Gasteiger partial charge in [0.25, 0.3) is 5.91 Å². The first-order chi connectivity index (χ1) is 8.06. The molecule has 0 radical (unpaired) electrons. The quantitative estimate of drug-likeness (QED) is 0.550. The molecule has 6 heteroatoms. The van der Waals surface area contributed by atoms with E-state index in [0.717, 1.165) is 25.7 Å². The fourth-order valence-corrected chi connectivity index (χ4v) is 2.87.